The molecule has 0 saturated carbocycles. The predicted molar refractivity (Wildman–Crippen MR) is 207 cm³/mol. The number of hydrogen-bond acceptors (Lipinski definition) is 10. The van der Waals surface area contributed by atoms with E-state index in [4.69, 9.17) is 11.5 Å². The van der Waals surface area contributed by atoms with Crippen molar-refractivity contribution in [1.82, 2.24) is 26.6 Å². The molecule has 306 valence electrons. The summed E-state index contributed by atoms with van der Waals surface area (Å²) in [5.41, 5.74) is 14.0. The number of phenolic OH excluding ortho intramolecular Hbond substituents is 2. The normalized spacial score (nSPS) is 13.9. The van der Waals surface area contributed by atoms with Gasteiger partial charge in [0, 0.05) is 38.3 Å². The summed E-state index contributed by atoms with van der Waals surface area (Å²) >= 11 is 0. The predicted octanol–water partition coefficient (Wildman–Crippen LogP) is 0.410. The fraction of sp³-hybridized carbons (Fsp3) is 0.462. The van der Waals surface area contributed by atoms with E-state index in [2.05, 4.69) is 26.6 Å². The number of carboxylic acids is 1. The first-order chi connectivity index (χ1) is 26.5. The lowest BCUT2D eigenvalue weighted by molar-refractivity contribution is -0.141. The maximum Gasteiger partial charge on any atom is 0.326 e. The molecule has 6 amide bonds. The lowest BCUT2D eigenvalue weighted by atomic mass is 9.93. The van der Waals surface area contributed by atoms with E-state index in [0.717, 1.165) is 19.3 Å². The van der Waals surface area contributed by atoms with E-state index in [1.165, 1.54) is 54.1 Å². The van der Waals surface area contributed by atoms with Crippen LogP contribution in [0.3, 0.4) is 0 Å². The Morgan fingerprint density at radius 1 is 0.714 bits per heavy atom. The Bertz CT molecular complexity index is 1680. The average Bonchev–Trinajstić information content (AvgIpc) is 3.14. The summed E-state index contributed by atoms with van der Waals surface area (Å²) in [6.45, 7) is 5.18. The van der Waals surface area contributed by atoms with Crippen LogP contribution in [0, 0.1) is 5.92 Å². The van der Waals surface area contributed by atoms with Gasteiger partial charge >= 0.3 is 5.97 Å². The van der Waals surface area contributed by atoms with Gasteiger partial charge in [-0.05, 0) is 74.4 Å². The van der Waals surface area contributed by atoms with Gasteiger partial charge in [0.05, 0.1) is 13.0 Å². The Morgan fingerprint density at radius 3 is 1.80 bits per heavy atom. The minimum atomic E-state index is -1.44. The van der Waals surface area contributed by atoms with Gasteiger partial charge in [0.2, 0.25) is 35.4 Å². The molecule has 0 radical (unpaired) electrons. The SMILES string of the molecule is CC=C(C)CCCC(C)C(N)CC(=O)N[C@@H](CC(N)=O)C(=O)N[C@@H](Cc1ccc(O)cc1)C(=O)NCC(=O)NCCC(=O)N[C@@H](Cc1ccc(O)cc1)C(=O)O. The Balaban J connectivity index is 2.00. The van der Waals surface area contributed by atoms with E-state index >= 15 is 0 Å². The number of allylic oxidation sites excluding steroid dienone is 2. The van der Waals surface area contributed by atoms with Crippen molar-refractivity contribution in [2.45, 2.75) is 96.3 Å². The standard InChI is InChI=1S/C39H55N7O10/c1-4-23(2)6-5-7-24(3)29(40)20-35(51)44-31(21-33(41)49)38(54)46-30(18-25-8-12-27(47)13-9-25)37(53)43-22-36(52)42-17-16-34(50)45-32(39(55)56)19-26-10-14-28(48)15-11-26/h4,8-15,24,29-32,47-48H,5-7,16-22,40H2,1-3H3,(H2,41,49)(H,42,52)(H,43,53)(H,44,51)(H,45,50)(H,46,54)(H,55,56)/t24?,29?,30-,31-,32-/m0/s1. The number of phenols is 2. The molecule has 17 heteroatoms. The van der Waals surface area contributed by atoms with Crippen molar-refractivity contribution in [3.8, 4) is 11.5 Å². The second kappa shape index (κ2) is 23.7. The highest BCUT2D eigenvalue weighted by molar-refractivity contribution is 5.95. The maximum absolute atomic E-state index is 13.5. The molecule has 0 fully saturated rings. The van der Waals surface area contributed by atoms with Crippen LogP contribution < -0.4 is 38.1 Å². The second-order valence-electron chi connectivity index (χ2n) is 13.7. The summed E-state index contributed by atoms with van der Waals surface area (Å²) in [5.74, 6) is -5.82. The van der Waals surface area contributed by atoms with Gasteiger partial charge in [-0.25, -0.2) is 4.79 Å². The number of benzene rings is 2. The summed E-state index contributed by atoms with van der Waals surface area (Å²) in [6.07, 6.45) is 3.50. The molecular formula is C39H55N7O10. The van der Waals surface area contributed by atoms with Gasteiger partial charge in [-0.15, -0.1) is 0 Å². The number of aromatic hydroxyl groups is 2. The monoisotopic (exact) mass is 781 g/mol. The maximum atomic E-state index is 13.5. The van der Waals surface area contributed by atoms with Gasteiger partial charge in [0.15, 0.2) is 0 Å². The molecule has 5 atom stereocenters. The Hall–Kier alpha value is -5.97. The van der Waals surface area contributed by atoms with Crippen molar-refractivity contribution < 1.29 is 48.9 Å². The molecule has 0 bridgehead atoms. The highest BCUT2D eigenvalue weighted by Gasteiger charge is 2.29. The Labute approximate surface area is 326 Å². The molecule has 0 spiro atoms. The molecule has 0 aliphatic rings. The number of primary amides is 1. The van der Waals surface area contributed by atoms with Gasteiger partial charge < -0.3 is 53.4 Å². The van der Waals surface area contributed by atoms with Crippen molar-refractivity contribution in [3.05, 3.63) is 71.3 Å². The highest BCUT2D eigenvalue weighted by Crippen LogP contribution is 2.17. The molecular weight excluding hydrogens is 726 g/mol. The molecule has 0 saturated heterocycles. The first-order valence-electron chi connectivity index (χ1n) is 18.3. The fourth-order valence-electron chi connectivity index (χ4n) is 5.49. The zero-order valence-electron chi connectivity index (χ0n) is 32.0. The van der Waals surface area contributed by atoms with Gasteiger partial charge in [-0.1, -0.05) is 42.8 Å². The van der Waals surface area contributed by atoms with E-state index in [0.29, 0.717) is 11.1 Å². The van der Waals surface area contributed by atoms with Gasteiger partial charge in [-0.2, -0.15) is 0 Å². The quantitative estimate of drug-likeness (QED) is 0.0651. The number of amides is 6. The number of aliphatic carboxylic acids is 1. The number of nitrogens with two attached hydrogens (primary N) is 2. The number of carbonyl (C=O) groups excluding carboxylic acids is 6. The van der Waals surface area contributed by atoms with Crippen LogP contribution in [0.2, 0.25) is 0 Å². The van der Waals surface area contributed by atoms with E-state index in [1.54, 1.807) is 0 Å². The van der Waals surface area contributed by atoms with E-state index in [-0.39, 0.29) is 49.6 Å². The van der Waals surface area contributed by atoms with Crippen molar-refractivity contribution in [2.75, 3.05) is 13.1 Å². The molecule has 0 aromatic heterocycles. The molecule has 2 aromatic rings. The molecule has 0 aliphatic heterocycles. The molecule has 0 aliphatic carbocycles. The third-order valence-corrected chi connectivity index (χ3v) is 9.05. The molecule has 2 rings (SSSR count). The van der Waals surface area contributed by atoms with Crippen molar-refractivity contribution in [3.63, 3.8) is 0 Å². The minimum Gasteiger partial charge on any atom is -0.508 e. The van der Waals surface area contributed by atoms with Crippen LogP contribution in [0.4, 0.5) is 0 Å². The van der Waals surface area contributed by atoms with Gasteiger partial charge in [0.1, 0.15) is 29.6 Å². The Kier molecular flexibility index (Phi) is 19.6. The zero-order chi connectivity index (χ0) is 41.8. The summed E-state index contributed by atoms with van der Waals surface area (Å²) in [4.78, 5) is 88.3. The minimum absolute atomic E-state index is 0.00616. The van der Waals surface area contributed by atoms with Crippen LogP contribution in [0.5, 0.6) is 11.5 Å². The summed E-state index contributed by atoms with van der Waals surface area (Å²) in [5, 5.41) is 40.9. The van der Waals surface area contributed by atoms with E-state index < -0.39 is 78.5 Å². The average molecular weight is 782 g/mol. The number of hydrogen-bond donors (Lipinski definition) is 10. The number of rotatable bonds is 24. The fourth-order valence-corrected chi connectivity index (χ4v) is 5.49. The van der Waals surface area contributed by atoms with Crippen LogP contribution >= 0.6 is 0 Å². The van der Waals surface area contributed by atoms with E-state index in [1.807, 2.05) is 26.8 Å². The van der Waals surface area contributed by atoms with Crippen LogP contribution in [-0.4, -0.2) is 94.0 Å². The number of nitrogens with one attached hydrogen (secondary N) is 5. The molecule has 12 N–H and O–H groups in total. The third kappa shape index (κ3) is 17.9. The van der Waals surface area contributed by atoms with Crippen molar-refractivity contribution in [2.24, 2.45) is 17.4 Å². The smallest absolute Gasteiger partial charge is 0.326 e. The largest absolute Gasteiger partial charge is 0.508 e. The van der Waals surface area contributed by atoms with Crippen LogP contribution in [0.1, 0.15) is 70.4 Å². The molecule has 0 heterocycles. The lowest BCUT2D eigenvalue weighted by Crippen LogP contribution is -2.56. The molecule has 2 unspecified atom stereocenters. The summed E-state index contributed by atoms with van der Waals surface area (Å²) in [7, 11) is 0. The third-order valence-electron chi connectivity index (χ3n) is 9.05. The number of carboxylic acid groups (broad SMARTS) is 1. The number of carbonyl (C=O) groups is 7. The van der Waals surface area contributed by atoms with Gasteiger partial charge in [-0.3, -0.25) is 28.8 Å². The van der Waals surface area contributed by atoms with E-state index in [9.17, 15) is 48.9 Å². The topological polar surface area (TPSA) is 292 Å². The van der Waals surface area contributed by atoms with Crippen LogP contribution in [0.25, 0.3) is 0 Å². The Morgan fingerprint density at radius 2 is 1.27 bits per heavy atom. The highest BCUT2D eigenvalue weighted by atomic mass is 16.4. The van der Waals surface area contributed by atoms with Crippen LogP contribution in [-0.2, 0) is 46.4 Å². The molecule has 2 aromatic carbocycles. The zero-order valence-corrected chi connectivity index (χ0v) is 32.0. The molecule has 17 nitrogen and oxygen atoms in total. The van der Waals surface area contributed by atoms with Crippen LogP contribution in [0.15, 0.2) is 60.2 Å². The first-order valence-corrected chi connectivity index (χ1v) is 18.3. The second-order valence-corrected chi connectivity index (χ2v) is 13.7. The summed E-state index contributed by atoms with van der Waals surface area (Å²) < 4.78 is 0. The molecule has 56 heavy (non-hydrogen) atoms. The first kappa shape index (κ1) is 46.2. The lowest BCUT2D eigenvalue weighted by Gasteiger charge is -2.24. The van der Waals surface area contributed by atoms with Gasteiger partial charge in [0.25, 0.3) is 0 Å². The summed E-state index contributed by atoms with van der Waals surface area (Å²) in [6, 6.07) is 7.09. The van der Waals surface area contributed by atoms with Crippen molar-refractivity contribution >= 4 is 41.4 Å². The van der Waals surface area contributed by atoms with Crippen molar-refractivity contribution in [1.29, 1.82) is 0 Å².